The van der Waals surface area contributed by atoms with Gasteiger partial charge in [0.05, 0.1) is 0 Å². The lowest BCUT2D eigenvalue weighted by atomic mass is 10.0. The number of carbonyl (C=O) groups is 3. The molecule has 212 valence electrons. The summed E-state index contributed by atoms with van der Waals surface area (Å²) in [5.41, 5.74) is 3.20. The topological polar surface area (TPSA) is 141 Å². The molecule has 0 bridgehead atoms. The molecule has 1 aromatic heterocycles. The van der Waals surface area contributed by atoms with Gasteiger partial charge < -0.3 is 16.4 Å². The minimum Gasteiger partial charge on any atom is -0.368 e. The second-order valence-electron chi connectivity index (χ2n) is 9.00. The van der Waals surface area contributed by atoms with Crippen LogP contribution in [0.25, 0.3) is 17.6 Å². The first-order valence-electron chi connectivity index (χ1n) is 11.5. The molecule has 0 fully saturated rings. The molecule has 0 radical (unpaired) electrons. The van der Waals surface area contributed by atoms with Crippen molar-refractivity contribution in [2.24, 2.45) is 5.73 Å². The summed E-state index contributed by atoms with van der Waals surface area (Å²) < 4.78 is 39.9. The number of rotatable bonds is 9. The quantitative estimate of drug-likeness (QED) is 0.346. The number of carbonyl (C=O) groups excluding carboxylic acids is 3. The summed E-state index contributed by atoms with van der Waals surface area (Å²) in [6.45, 7) is 1.94. The molecule has 40 heavy (non-hydrogen) atoms. The second-order valence-corrected chi connectivity index (χ2v) is 9.84. The van der Waals surface area contributed by atoms with E-state index in [1.54, 1.807) is 12.1 Å². The number of hydrogen-bond donors (Lipinski definition) is 3. The number of aromatic nitrogens is 3. The predicted molar refractivity (Wildman–Crippen MR) is 142 cm³/mol. The Kier molecular flexibility index (Phi) is 9.10. The molecular formula is C25H23Cl2F3N6O4. The number of hydrogen-bond acceptors (Lipinski definition) is 5. The van der Waals surface area contributed by atoms with Crippen molar-refractivity contribution in [3.05, 3.63) is 80.7 Å². The number of primary amides is 1. The largest absolute Gasteiger partial charge is 0.411 e. The van der Waals surface area contributed by atoms with Crippen LogP contribution in [0, 0.1) is 0 Å². The third kappa shape index (κ3) is 7.51. The summed E-state index contributed by atoms with van der Waals surface area (Å²) in [6.07, 6.45) is -4.40. The number of halogens is 5. The van der Waals surface area contributed by atoms with Gasteiger partial charge >= 0.3 is 11.9 Å². The lowest BCUT2D eigenvalue weighted by Gasteiger charge is -2.27. The van der Waals surface area contributed by atoms with Crippen molar-refractivity contribution in [1.82, 2.24) is 25.0 Å². The molecule has 3 rings (SSSR count). The van der Waals surface area contributed by atoms with Crippen molar-refractivity contribution in [3.8, 4) is 11.4 Å². The molecule has 1 heterocycles. The van der Waals surface area contributed by atoms with Gasteiger partial charge in [0.1, 0.15) is 18.1 Å². The standard InChI is InChI=1S/C25H23Cl2F3N6O4/c1-24(2,22(31)39)33-21(38)19(16-5-3-4-6-17(16)27)32-18(37)13-36-23(40)35(12-11-25(28,29)30)20(34-36)14-7-9-15(26)10-8-14/h3-12,19H,13H2,1-2H3,(H2,31,39)(H,32,37)(H,33,38). The Bertz CT molecular complexity index is 1510. The van der Waals surface area contributed by atoms with Crippen molar-refractivity contribution >= 4 is 47.1 Å². The lowest BCUT2D eigenvalue weighted by molar-refractivity contribution is -0.133. The smallest absolute Gasteiger partial charge is 0.368 e. The number of allylic oxidation sites excluding steroid dienone is 1. The molecule has 15 heteroatoms. The molecule has 0 aliphatic heterocycles. The van der Waals surface area contributed by atoms with E-state index in [4.69, 9.17) is 28.9 Å². The summed E-state index contributed by atoms with van der Waals surface area (Å²) >= 11 is 12.1. The number of amides is 3. The Hall–Kier alpha value is -4.10. The first-order chi connectivity index (χ1) is 18.6. The van der Waals surface area contributed by atoms with Crippen LogP contribution in [0.4, 0.5) is 13.2 Å². The fraction of sp³-hybridized carbons (Fsp3) is 0.240. The van der Waals surface area contributed by atoms with Crippen molar-refractivity contribution in [3.63, 3.8) is 0 Å². The Morgan fingerprint density at radius 3 is 2.27 bits per heavy atom. The second kappa shape index (κ2) is 12.0. The van der Waals surface area contributed by atoms with Crippen LogP contribution in [0.5, 0.6) is 0 Å². The molecular weight excluding hydrogens is 576 g/mol. The van der Waals surface area contributed by atoms with Crippen LogP contribution in [0.3, 0.4) is 0 Å². The number of nitrogens with zero attached hydrogens (tertiary/aromatic N) is 3. The van der Waals surface area contributed by atoms with Crippen molar-refractivity contribution < 1.29 is 27.6 Å². The van der Waals surface area contributed by atoms with E-state index < -0.39 is 47.7 Å². The first-order valence-corrected chi connectivity index (χ1v) is 12.2. The maximum Gasteiger partial charge on any atom is 0.411 e. The zero-order valence-corrected chi connectivity index (χ0v) is 22.5. The monoisotopic (exact) mass is 598 g/mol. The lowest BCUT2D eigenvalue weighted by Crippen LogP contribution is -2.56. The van der Waals surface area contributed by atoms with Gasteiger partial charge in [-0.1, -0.05) is 41.4 Å². The van der Waals surface area contributed by atoms with Crippen LogP contribution < -0.4 is 22.1 Å². The Labute approximate surface area is 235 Å². The van der Waals surface area contributed by atoms with E-state index in [0.29, 0.717) is 20.5 Å². The number of benzene rings is 2. The molecule has 0 saturated carbocycles. The Morgan fingerprint density at radius 1 is 1.07 bits per heavy atom. The average molecular weight is 599 g/mol. The fourth-order valence-corrected chi connectivity index (χ4v) is 3.76. The Balaban J connectivity index is 1.97. The molecule has 3 amide bonds. The molecule has 1 unspecified atom stereocenters. The number of alkyl halides is 3. The Morgan fingerprint density at radius 2 is 1.70 bits per heavy atom. The van der Waals surface area contributed by atoms with Gasteiger partial charge in [-0.2, -0.15) is 13.2 Å². The summed E-state index contributed by atoms with van der Waals surface area (Å²) in [5.74, 6) is -2.79. The SMILES string of the molecule is CC(C)(NC(=O)C(NC(=O)Cn1nc(-c2ccc(Cl)cc2)n(C=CC(F)(F)F)c1=O)c1ccccc1Cl)C(N)=O. The molecule has 1 atom stereocenters. The molecule has 3 aromatic rings. The number of nitrogens with one attached hydrogen (secondary N) is 2. The van der Waals surface area contributed by atoms with E-state index in [-0.39, 0.29) is 28.0 Å². The maximum atomic E-state index is 13.1. The van der Waals surface area contributed by atoms with Gasteiger partial charge in [-0.15, -0.1) is 5.10 Å². The van der Waals surface area contributed by atoms with E-state index in [1.807, 2.05) is 0 Å². The van der Waals surface area contributed by atoms with Crippen molar-refractivity contribution in [2.75, 3.05) is 0 Å². The van der Waals surface area contributed by atoms with Gasteiger partial charge in [0, 0.05) is 33.4 Å². The molecule has 4 N–H and O–H groups in total. The van der Waals surface area contributed by atoms with E-state index in [0.717, 1.165) is 0 Å². The van der Waals surface area contributed by atoms with Crippen LogP contribution in [0.2, 0.25) is 10.0 Å². The van der Waals surface area contributed by atoms with Gasteiger partial charge in [0.25, 0.3) is 0 Å². The van der Waals surface area contributed by atoms with Gasteiger partial charge in [0.15, 0.2) is 5.82 Å². The van der Waals surface area contributed by atoms with Gasteiger partial charge in [-0.3, -0.25) is 14.4 Å². The van der Waals surface area contributed by atoms with Gasteiger partial charge in [0.2, 0.25) is 17.7 Å². The zero-order chi connectivity index (χ0) is 29.8. The molecule has 0 saturated heterocycles. The van der Waals surface area contributed by atoms with Crippen molar-refractivity contribution in [2.45, 2.75) is 38.1 Å². The van der Waals surface area contributed by atoms with Crippen LogP contribution in [0.15, 0.2) is 59.4 Å². The number of nitrogens with two attached hydrogens (primary N) is 1. The average Bonchev–Trinajstić information content (AvgIpc) is 3.16. The highest BCUT2D eigenvalue weighted by Crippen LogP contribution is 2.24. The van der Waals surface area contributed by atoms with Crippen LogP contribution in [-0.2, 0) is 20.9 Å². The predicted octanol–water partition coefficient (Wildman–Crippen LogP) is 3.29. The molecule has 10 nitrogen and oxygen atoms in total. The first kappa shape index (κ1) is 30.4. The van der Waals surface area contributed by atoms with E-state index in [2.05, 4.69) is 15.7 Å². The van der Waals surface area contributed by atoms with Crippen LogP contribution >= 0.6 is 23.2 Å². The maximum absolute atomic E-state index is 13.1. The van der Waals surface area contributed by atoms with Crippen LogP contribution in [-0.4, -0.2) is 43.8 Å². The van der Waals surface area contributed by atoms with E-state index in [1.165, 1.54) is 50.2 Å². The van der Waals surface area contributed by atoms with E-state index >= 15 is 0 Å². The highest BCUT2D eigenvalue weighted by atomic mass is 35.5. The minimum atomic E-state index is -4.73. The third-order valence-corrected chi connectivity index (χ3v) is 6.11. The summed E-state index contributed by atoms with van der Waals surface area (Å²) in [6, 6.07) is 10.4. The summed E-state index contributed by atoms with van der Waals surface area (Å²) in [7, 11) is 0. The molecule has 2 aromatic carbocycles. The van der Waals surface area contributed by atoms with E-state index in [9.17, 15) is 32.3 Å². The fourth-order valence-electron chi connectivity index (χ4n) is 3.39. The summed E-state index contributed by atoms with van der Waals surface area (Å²) in [4.78, 5) is 50.9. The van der Waals surface area contributed by atoms with Crippen LogP contribution in [0.1, 0.15) is 25.5 Å². The normalized spacial score (nSPS) is 12.8. The summed E-state index contributed by atoms with van der Waals surface area (Å²) in [5, 5.41) is 9.35. The molecule has 0 aliphatic carbocycles. The minimum absolute atomic E-state index is 0.114. The highest BCUT2D eigenvalue weighted by molar-refractivity contribution is 6.31. The van der Waals surface area contributed by atoms with Gasteiger partial charge in [-0.25, -0.2) is 14.0 Å². The van der Waals surface area contributed by atoms with Crippen molar-refractivity contribution in [1.29, 1.82) is 0 Å². The zero-order valence-electron chi connectivity index (χ0n) is 21.0. The third-order valence-electron chi connectivity index (χ3n) is 5.51. The molecule has 0 aliphatic rings. The molecule has 0 spiro atoms. The van der Waals surface area contributed by atoms with Gasteiger partial charge in [-0.05, 0) is 44.2 Å². The highest BCUT2D eigenvalue weighted by Gasteiger charge is 2.33.